The van der Waals surface area contributed by atoms with Crippen LogP contribution >= 0.6 is 0 Å². The molecule has 3 rings (SSSR count). The van der Waals surface area contributed by atoms with Gasteiger partial charge >= 0.3 is 11.9 Å². The standard InChI is InChI=1S/C19H25NO.C2H2O4/c1-16-7-5-12-20(15-16)13-6-14-21-19-11-4-9-17-8-2-3-10-18(17)19;3-1(4)2(5)6/h2-4,8-11,16H,5-7,12-15H2,1H3;(H,3,4)(H,5,6). The van der Waals surface area contributed by atoms with Crippen LogP contribution < -0.4 is 4.74 Å². The molecule has 0 amide bonds. The second-order valence-electron chi connectivity index (χ2n) is 6.84. The molecule has 2 aromatic carbocycles. The molecule has 1 saturated heterocycles. The van der Waals surface area contributed by atoms with Gasteiger partial charge in [-0.3, -0.25) is 0 Å². The summed E-state index contributed by atoms with van der Waals surface area (Å²) in [6.45, 7) is 6.85. The molecule has 1 aliphatic heterocycles. The van der Waals surface area contributed by atoms with E-state index in [4.69, 9.17) is 24.5 Å². The molecule has 1 heterocycles. The third-order valence-corrected chi connectivity index (χ3v) is 4.55. The summed E-state index contributed by atoms with van der Waals surface area (Å²) < 4.78 is 6.01. The van der Waals surface area contributed by atoms with Crippen molar-refractivity contribution in [1.29, 1.82) is 0 Å². The van der Waals surface area contributed by atoms with Gasteiger partial charge in [0.15, 0.2) is 0 Å². The zero-order valence-electron chi connectivity index (χ0n) is 15.6. The van der Waals surface area contributed by atoms with Crippen molar-refractivity contribution in [2.24, 2.45) is 5.92 Å². The van der Waals surface area contributed by atoms with Crippen LogP contribution in [-0.4, -0.2) is 53.3 Å². The van der Waals surface area contributed by atoms with E-state index in [0.29, 0.717) is 0 Å². The second kappa shape index (κ2) is 10.5. The quantitative estimate of drug-likeness (QED) is 0.616. The monoisotopic (exact) mass is 373 g/mol. The number of ether oxygens (including phenoxy) is 1. The number of hydrogen-bond donors (Lipinski definition) is 2. The Bertz CT molecular complexity index is 744. The van der Waals surface area contributed by atoms with Gasteiger partial charge < -0.3 is 19.8 Å². The molecule has 146 valence electrons. The first-order chi connectivity index (χ1) is 13.0. The Morgan fingerprint density at radius 3 is 2.52 bits per heavy atom. The first kappa shape index (κ1) is 20.7. The maximum absolute atomic E-state index is 9.10. The average molecular weight is 373 g/mol. The summed E-state index contributed by atoms with van der Waals surface area (Å²) in [5.74, 6) is -1.78. The number of likely N-dealkylation sites (tertiary alicyclic amines) is 1. The fourth-order valence-electron chi connectivity index (χ4n) is 3.28. The summed E-state index contributed by atoms with van der Waals surface area (Å²) in [6.07, 6.45) is 3.85. The lowest BCUT2D eigenvalue weighted by Crippen LogP contribution is -2.35. The van der Waals surface area contributed by atoms with Crippen molar-refractivity contribution in [2.75, 3.05) is 26.2 Å². The largest absolute Gasteiger partial charge is 0.493 e. The van der Waals surface area contributed by atoms with Crippen molar-refractivity contribution in [1.82, 2.24) is 4.90 Å². The van der Waals surface area contributed by atoms with Gasteiger partial charge in [0.05, 0.1) is 6.61 Å². The van der Waals surface area contributed by atoms with Gasteiger partial charge in [-0.1, -0.05) is 43.3 Å². The van der Waals surface area contributed by atoms with Crippen LogP contribution in [0.3, 0.4) is 0 Å². The molecule has 2 aromatic rings. The van der Waals surface area contributed by atoms with Gasteiger partial charge in [-0.15, -0.1) is 0 Å². The number of nitrogens with zero attached hydrogens (tertiary/aromatic N) is 1. The molecule has 6 heteroatoms. The molecule has 1 unspecified atom stereocenters. The summed E-state index contributed by atoms with van der Waals surface area (Å²) >= 11 is 0. The van der Waals surface area contributed by atoms with E-state index < -0.39 is 11.9 Å². The molecular weight excluding hydrogens is 346 g/mol. The van der Waals surface area contributed by atoms with E-state index in [2.05, 4.69) is 54.3 Å². The predicted octanol–water partition coefficient (Wildman–Crippen LogP) is 3.50. The maximum Gasteiger partial charge on any atom is 0.414 e. The van der Waals surface area contributed by atoms with E-state index in [0.717, 1.165) is 31.2 Å². The maximum atomic E-state index is 9.10. The number of hydrogen-bond acceptors (Lipinski definition) is 4. The average Bonchev–Trinajstić information content (AvgIpc) is 2.66. The van der Waals surface area contributed by atoms with Crippen LogP contribution in [-0.2, 0) is 9.59 Å². The molecule has 1 fully saturated rings. The Hall–Kier alpha value is -2.60. The SMILES string of the molecule is CC1CCCN(CCCOc2cccc3ccccc23)C1.O=C(O)C(=O)O. The first-order valence-electron chi connectivity index (χ1n) is 9.26. The number of carbonyl (C=O) groups is 2. The summed E-state index contributed by atoms with van der Waals surface area (Å²) in [6, 6.07) is 14.7. The minimum absolute atomic E-state index is 0.804. The fourth-order valence-corrected chi connectivity index (χ4v) is 3.28. The molecule has 0 bridgehead atoms. The summed E-state index contributed by atoms with van der Waals surface area (Å²) in [5.41, 5.74) is 0. The lowest BCUT2D eigenvalue weighted by atomic mass is 10.0. The topological polar surface area (TPSA) is 87.1 Å². The molecule has 6 nitrogen and oxygen atoms in total. The second-order valence-corrected chi connectivity index (χ2v) is 6.84. The number of carboxylic acids is 2. The van der Waals surface area contributed by atoms with Crippen LogP contribution in [0.4, 0.5) is 0 Å². The van der Waals surface area contributed by atoms with Gasteiger partial charge in [0.25, 0.3) is 0 Å². The zero-order chi connectivity index (χ0) is 19.6. The van der Waals surface area contributed by atoms with Crippen LogP contribution in [0.25, 0.3) is 10.8 Å². The van der Waals surface area contributed by atoms with E-state index in [-0.39, 0.29) is 0 Å². The summed E-state index contributed by atoms with van der Waals surface area (Å²) in [4.78, 5) is 20.8. The molecule has 1 atom stereocenters. The number of benzene rings is 2. The van der Waals surface area contributed by atoms with E-state index in [1.54, 1.807) is 0 Å². The molecule has 0 aromatic heterocycles. The van der Waals surface area contributed by atoms with Crippen molar-refractivity contribution in [3.05, 3.63) is 42.5 Å². The lowest BCUT2D eigenvalue weighted by Gasteiger charge is -2.30. The van der Waals surface area contributed by atoms with Crippen LogP contribution in [0.2, 0.25) is 0 Å². The van der Waals surface area contributed by atoms with Crippen LogP contribution in [0.1, 0.15) is 26.2 Å². The minimum atomic E-state index is -1.82. The third-order valence-electron chi connectivity index (χ3n) is 4.55. The van der Waals surface area contributed by atoms with Gasteiger partial charge in [0.1, 0.15) is 5.75 Å². The van der Waals surface area contributed by atoms with Crippen molar-refractivity contribution in [2.45, 2.75) is 26.2 Å². The molecule has 0 spiro atoms. The van der Waals surface area contributed by atoms with Gasteiger partial charge in [-0.05, 0) is 43.2 Å². The van der Waals surface area contributed by atoms with Crippen LogP contribution in [0.15, 0.2) is 42.5 Å². The minimum Gasteiger partial charge on any atom is -0.493 e. The Balaban J connectivity index is 0.000000380. The number of rotatable bonds is 5. The van der Waals surface area contributed by atoms with Crippen molar-refractivity contribution in [3.63, 3.8) is 0 Å². The lowest BCUT2D eigenvalue weighted by molar-refractivity contribution is -0.159. The molecule has 0 saturated carbocycles. The Kier molecular flexibility index (Phi) is 8.07. The van der Waals surface area contributed by atoms with E-state index in [9.17, 15) is 0 Å². The molecular formula is C21H27NO5. The van der Waals surface area contributed by atoms with E-state index in [1.807, 2.05) is 0 Å². The number of aliphatic carboxylic acids is 2. The highest BCUT2D eigenvalue weighted by Gasteiger charge is 2.15. The van der Waals surface area contributed by atoms with Gasteiger partial charge in [-0.25, -0.2) is 9.59 Å². The molecule has 0 radical (unpaired) electrons. The number of piperidine rings is 1. The summed E-state index contributed by atoms with van der Waals surface area (Å²) in [7, 11) is 0. The molecule has 27 heavy (non-hydrogen) atoms. The van der Waals surface area contributed by atoms with E-state index in [1.165, 1.54) is 36.7 Å². The van der Waals surface area contributed by atoms with Gasteiger partial charge in [0.2, 0.25) is 0 Å². The smallest absolute Gasteiger partial charge is 0.414 e. The highest BCUT2D eigenvalue weighted by molar-refractivity contribution is 6.27. The van der Waals surface area contributed by atoms with E-state index >= 15 is 0 Å². The highest BCUT2D eigenvalue weighted by atomic mass is 16.5. The fraction of sp³-hybridized carbons (Fsp3) is 0.429. The Labute approximate surface area is 159 Å². The van der Waals surface area contributed by atoms with Crippen molar-refractivity contribution in [3.8, 4) is 5.75 Å². The van der Waals surface area contributed by atoms with Crippen LogP contribution in [0.5, 0.6) is 5.75 Å². The highest BCUT2D eigenvalue weighted by Crippen LogP contribution is 2.25. The third kappa shape index (κ3) is 6.90. The van der Waals surface area contributed by atoms with Gasteiger partial charge in [-0.2, -0.15) is 0 Å². The Morgan fingerprint density at radius 1 is 1.11 bits per heavy atom. The number of carboxylic acid groups (broad SMARTS) is 2. The zero-order valence-corrected chi connectivity index (χ0v) is 15.6. The Morgan fingerprint density at radius 2 is 1.81 bits per heavy atom. The van der Waals surface area contributed by atoms with Crippen molar-refractivity contribution < 1.29 is 24.5 Å². The normalized spacial score (nSPS) is 17.0. The molecule has 2 N–H and O–H groups in total. The molecule has 0 aliphatic carbocycles. The predicted molar refractivity (Wildman–Crippen MR) is 104 cm³/mol. The van der Waals surface area contributed by atoms with Crippen LogP contribution in [0, 0.1) is 5.92 Å². The number of fused-ring (bicyclic) bond motifs is 1. The van der Waals surface area contributed by atoms with Gasteiger partial charge in [0, 0.05) is 18.5 Å². The molecule has 1 aliphatic rings. The first-order valence-corrected chi connectivity index (χ1v) is 9.26. The summed E-state index contributed by atoms with van der Waals surface area (Å²) in [5, 5.41) is 17.2. The van der Waals surface area contributed by atoms with Crippen molar-refractivity contribution >= 4 is 22.7 Å².